The van der Waals surface area contributed by atoms with Crippen molar-refractivity contribution in [2.45, 2.75) is 44.4 Å². The Hall–Kier alpha value is -0.330. The molecule has 2 unspecified atom stereocenters. The number of hydrogen-bond donors (Lipinski definition) is 1. The number of nitrogens with zero attached hydrogens (tertiary/aromatic N) is 1. The van der Waals surface area contributed by atoms with Crippen LogP contribution in [0.3, 0.4) is 0 Å². The molecule has 2 atom stereocenters. The van der Waals surface area contributed by atoms with Crippen molar-refractivity contribution >= 4 is 0 Å². The lowest BCUT2D eigenvalue weighted by molar-refractivity contribution is -0.174. The van der Waals surface area contributed by atoms with Gasteiger partial charge >= 0.3 is 6.18 Å². The van der Waals surface area contributed by atoms with Crippen molar-refractivity contribution in [3.63, 3.8) is 0 Å². The molecule has 0 aromatic rings. The first-order valence-corrected chi connectivity index (χ1v) is 7.07. The second-order valence-corrected chi connectivity index (χ2v) is 5.73. The van der Waals surface area contributed by atoms with Crippen LogP contribution in [-0.4, -0.2) is 56.0 Å². The lowest BCUT2D eigenvalue weighted by atomic mass is 10.1. The predicted molar refractivity (Wildman–Crippen MR) is 67.0 cm³/mol. The van der Waals surface area contributed by atoms with Gasteiger partial charge in [-0.15, -0.1) is 0 Å². The van der Waals surface area contributed by atoms with E-state index in [0.29, 0.717) is 18.5 Å². The third kappa shape index (κ3) is 5.28. The third-order valence-electron chi connectivity index (χ3n) is 3.82. The second kappa shape index (κ2) is 6.41. The number of nitrogens with one attached hydrogen (secondary N) is 1. The van der Waals surface area contributed by atoms with Gasteiger partial charge in [-0.3, -0.25) is 4.90 Å². The minimum Gasteiger partial charge on any atom is -0.372 e. The molecule has 1 saturated heterocycles. The molecule has 1 N–H and O–H groups in total. The highest BCUT2D eigenvalue weighted by atomic mass is 19.4. The van der Waals surface area contributed by atoms with E-state index in [1.54, 1.807) is 0 Å². The molecule has 6 heteroatoms. The summed E-state index contributed by atoms with van der Waals surface area (Å²) in [6.45, 7) is 4.04. The normalized spacial score (nSPS) is 29.7. The molecule has 3 nitrogen and oxygen atoms in total. The molecule has 1 saturated carbocycles. The summed E-state index contributed by atoms with van der Waals surface area (Å²) in [6.07, 6.45) is -0.949. The van der Waals surface area contributed by atoms with Crippen LogP contribution in [0.25, 0.3) is 0 Å². The van der Waals surface area contributed by atoms with Crippen LogP contribution in [0.2, 0.25) is 0 Å². The molecule has 0 bridgehead atoms. The summed E-state index contributed by atoms with van der Waals surface area (Å²) in [5.41, 5.74) is 0. The Morgan fingerprint density at radius 3 is 2.68 bits per heavy atom. The molecule has 1 aliphatic carbocycles. The molecule has 2 fully saturated rings. The van der Waals surface area contributed by atoms with Gasteiger partial charge in [-0.2, -0.15) is 13.2 Å². The topological polar surface area (TPSA) is 24.5 Å². The number of piperazine rings is 1. The van der Waals surface area contributed by atoms with Crippen LogP contribution in [0.5, 0.6) is 0 Å². The van der Waals surface area contributed by atoms with Crippen molar-refractivity contribution in [3.05, 3.63) is 0 Å². The third-order valence-corrected chi connectivity index (χ3v) is 3.82. The number of ether oxygens (including phenoxy) is 1. The molecule has 1 heterocycles. The average molecular weight is 280 g/mol. The maximum absolute atomic E-state index is 11.9. The molecular weight excluding hydrogens is 257 g/mol. The summed E-state index contributed by atoms with van der Waals surface area (Å²) < 4.78 is 40.4. The molecule has 19 heavy (non-hydrogen) atoms. The van der Waals surface area contributed by atoms with E-state index >= 15 is 0 Å². The molecule has 112 valence electrons. The zero-order valence-corrected chi connectivity index (χ0v) is 11.4. The highest BCUT2D eigenvalue weighted by molar-refractivity contribution is 4.94. The number of alkyl halides is 3. The minimum absolute atomic E-state index is 0.190. The average Bonchev–Trinajstić information content (AvgIpc) is 3.11. The van der Waals surface area contributed by atoms with Gasteiger partial charge in [0.05, 0.1) is 0 Å². The van der Waals surface area contributed by atoms with Crippen LogP contribution < -0.4 is 5.32 Å². The van der Waals surface area contributed by atoms with E-state index in [-0.39, 0.29) is 6.61 Å². The quantitative estimate of drug-likeness (QED) is 0.753. The molecular formula is C13H23F3N2O. The van der Waals surface area contributed by atoms with Gasteiger partial charge in [0.25, 0.3) is 0 Å². The number of halogens is 3. The largest absolute Gasteiger partial charge is 0.411 e. The van der Waals surface area contributed by atoms with Gasteiger partial charge in [0.2, 0.25) is 0 Å². The first-order chi connectivity index (χ1) is 8.96. The van der Waals surface area contributed by atoms with E-state index in [4.69, 9.17) is 0 Å². The van der Waals surface area contributed by atoms with Crippen molar-refractivity contribution in [2.75, 3.05) is 32.8 Å². The van der Waals surface area contributed by atoms with Crippen molar-refractivity contribution < 1.29 is 17.9 Å². The van der Waals surface area contributed by atoms with E-state index in [1.165, 1.54) is 12.8 Å². The summed E-state index contributed by atoms with van der Waals surface area (Å²) in [4.78, 5) is 2.43. The zero-order valence-electron chi connectivity index (χ0n) is 11.4. The first kappa shape index (κ1) is 15.1. The Bertz CT molecular complexity index is 282. The van der Waals surface area contributed by atoms with Gasteiger partial charge < -0.3 is 10.1 Å². The van der Waals surface area contributed by atoms with E-state index in [9.17, 15) is 13.2 Å². The van der Waals surface area contributed by atoms with Crippen LogP contribution in [-0.2, 0) is 4.74 Å². The van der Waals surface area contributed by atoms with E-state index < -0.39 is 12.8 Å². The molecule has 0 aromatic carbocycles. The predicted octanol–water partition coefficient (Wildman–Crippen LogP) is 2.03. The highest BCUT2D eigenvalue weighted by Gasteiger charge is 2.37. The van der Waals surface area contributed by atoms with Crippen LogP contribution in [0.15, 0.2) is 0 Å². The summed E-state index contributed by atoms with van der Waals surface area (Å²) in [7, 11) is 0. The van der Waals surface area contributed by atoms with Crippen molar-refractivity contribution in [1.29, 1.82) is 0 Å². The molecule has 0 aromatic heterocycles. The van der Waals surface area contributed by atoms with Gasteiger partial charge in [-0.05, 0) is 32.1 Å². The minimum atomic E-state index is -4.21. The Balaban J connectivity index is 1.65. The summed E-state index contributed by atoms with van der Waals surface area (Å²) in [6, 6.07) is 1.03. The maximum Gasteiger partial charge on any atom is 0.411 e. The van der Waals surface area contributed by atoms with Crippen LogP contribution >= 0.6 is 0 Å². The fourth-order valence-electron chi connectivity index (χ4n) is 2.76. The molecule has 0 radical (unpaired) electrons. The monoisotopic (exact) mass is 280 g/mol. The Morgan fingerprint density at radius 1 is 1.32 bits per heavy atom. The summed E-state index contributed by atoms with van der Waals surface area (Å²) >= 11 is 0. The van der Waals surface area contributed by atoms with E-state index in [1.807, 2.05) is 0 Å². The number of hydrogen-bond acceptors (Lipinski definition) is 3. The Labute approximate surface area is 112 Å². The van der Waals surface area contributed by atoms with Crippen LogP contribution in [0.1, 0.15) is 26.2 Å². The Kier molecular flexibility index (Phi) is 5.09. The molecule has 0 spiro atoms. The smallest absolute Gasteiger partial charge is 0.372 e. The van der Waals surface area contributed by atoms with E-state index in [0.717, 1.165) is 25.6 Å². The first-order valence-electron chi connectivity index (χ1n) is 7.07. The maximum atomic E-state index is 11.9. The highest BCUT2D eigenvalue weighted by Crippen LogP contribution is 2.36. The summed E-state index contributed by atoms with van der Waals surface area (Å²) in [5.74, 6) is 0.788. The van der Waals surface area contributed by atoms with Crippen LogP contribution in [0.4, 0.5) is 13.2 Å². The van der Waals surface area contributed by atoms with Crippen LogP contribution in [0, 0.1) is 5.92 Å². The van der Waals surface area contributed by atoms with Gasteiger partial charge in [-0.1, -0.05) is 0 Å². The van der Waals surface area contributed by atoms with Gasteiger partial charge in [0, 0.05) is 38.3 Å². The van der Waals surface area contributed by atoms with Crippen molar-refractivity contribution in [2.24, 2.45) is 5.92 Å². The van der Waals surface area contributed by atoms with Crippen molar-refractivity contribution in [1.82, 2.24) is 10.2 Å². The summed E-state index contributed by atoms with van der Waals surface area (Å²) in [5, 5.41) is 3.48. The lowest BCUT2D eigenvalue weighted by Crippen LogP contribution is -2.56. The molecule has 1 aliphatic heterocycles. The lowest BCUT2D eigenvalue weighted by Gasteiger charge is -2.39. The molecule has 2 aliphatic rings. The standard InChI is InChI=1S/C13H23F3N2O/c1-10-8-18(12(7-17-10)11-3-4-11)5-2-6-19-9-13(14,15)16/h10-12,17H,2-9H2,1H3. The number of rotatable bonds is 6. The second-order valence-electron chi connectivity index (χ2n) is 5.73. The van der Waals surface area contributed by atoms with Gasteiger partial charge in [0.1, 0.15) is 6.61 Å². The SMILES string of the molecule is CC1CN(CCCOCC(F)(F)F)C(C2CC2)CN1. The van der Waals surface area contributed by atoms with Gasteiger partial charge in [0.15, 0.2) is 0 Å². The Morgan fingerprint density at radius 2 is 2.05 bits per heavy atom. The molecule has 2 rings (SSSR count). The van der Waals surface area contributed by atoms with Gasteiger partial charge in [-0.25, -0.2) is 0 Å². The van der Waals surface area contributed by atoms with Crippen molar-refractivity contribution in [3.8, 4) is 0 Å². The van der Waals surface area contributed by atoms with E-state index in [2.05, 4.69) is 21.9 Å². The fraction of sp³-hybridized carbons (Fsp3) is 1.00. The zero-order chi connectivity index (χ0) is 13.9. The molecule has 0 amide bonds. The fourth-order valence-corrected chi connectivity index (χ4v) is 2.76.